The number of benzene rings is 1. The van der Waals surface area contributed by atoms with Crippen molar-refractivity contribution in [3.05, 3.63) is 29.8 Å². The fraction of sp³-hybridized carbons (Fsp3) is 0.500. The molecule has 1 aromatic carbocycles. The van der Waals surface area contributed by atoms with Crippen molar-refractivity contribution in [2.45, 2.75) is 26.3 Å². The maximum absolute atomic E-state index is 12.0. The molecule has 0 aromatic heterocycles. The highest BCUT2D eigenvalue weighted by Crippen LogP contribution is 2.32. The van der Waals surface area contributed by atoms with Gasteiger partial charge in [0.25, 0.3) is 0 Å². The third-order valence-corrected chi connectivity index (χ3v) is 3.05. The molecule has 1 amide bonds. The number of nitrogens with zero attached hydrogens (tertiary/aromatic N) is 1. The van der Waals surface area contributed by atoms with Gasteiger partial charge in [-0.1, -0.05) is 32.0 Å². The van der Waals surface area contributed by atoms with E-state index in [4.69, 9.17) is 10.5 Å². The number of hydrogen-bond donors (Lipinski definition) is 1. The van der Waals surface area contributed by atoms with Gasteiger partial charge in [-0.3, -0.25) is 4.90 Å². The molecule has 18 heavy (non-hydrogen) atoms. The summed E-state index contributed by atoms with van der Waals surface area (Å²) >= 11 is 0. The van der Waals surface area contributed by atoms with E-state index in [9.17, 15) is 4.79 Å². The SMILES string of the molecule is CC(C)COC(=O)N1CCC(N)c2ccccc21. The standard InChI is InChI=1S/C14H20N2O2/c1-10(2)9-18-14(17)16-8-7-12(15)11-5-3-4-6-13(11)16/h3-6,10,12H,7-9,15H2,1-2H3. The van der Waals surface area contributed by atoms with Crippen LogP contribution >= 0.6 is 0 Å². The monoisotopic (exact) mass is 248 g/mol. The minimum absolute atomic E-state index is 0.00958. The molecular formula is C14H20N2O2. The molecule has 1 aliphatic rings. The van der Waals surface area contributed by atoms with Gasteiger partial charge in [0, 0.05) is 12.6 Å². The van der Waals surface area contributed by atoms with E-state index in [-0.39, 0.29) is 12.1 Å². The van der Waals surface area contributed by atoms with Crippen LogP contribution in [0.25, 0.3) is 0 Å². The first-order valence-corrected chi connectivity index (χ1v) is 6.38. The molecule has 1 aromatic rings. The van der Waals surface area contributed by atoms with Crippen molar-refractivity contribution in [3.8, 4) is 0 Å². The van der Waals surface area contributed by atoms with Crippen LogP contribution in [0.15, 0.2) is 24.3 Å². The molecule has 0 saturated heterocycles. The molecule has 1 atom stereocenters. The average molecular weight is 248 g/mol. The summed E-state index contributed by atoms with van der Waals surface area (Å²) in [5.41, 5.74) is 7.95. The van der Waals surface area contributed by atoms with E-state index >= 15 is 0 Å². The van der Waals surface area contributed by atoms with Crippen LogP contribution < -0.4 is 10.6 Å². The van der Waals surface area contributed by atoms with E-state index in [1.165, 1.54) is 0 Å². The van der Waals surface area contributed by atoms with E-state index in [1.807, 2.05) is 38.1 Å². The van der Waals surface area contributed by atoms with Crippen molar-refractivity contribution in [2.75, 3.05) is 18.1 Å². The summed E-state index contributed by atoms with van der Waals surface area (Å²) in [7, 11) is 0. The van der Waals surface area contributed by atoms with Crippen molar-refractivity contribution < 1.29 is 9.53 Å². The van der Waals surface area contributed by atoms with Gasteiger partial charge in [0.15, 0.2) is 0 Å². The Balaban J connectivity index is 2.15. The second-order valence-electron chi connectivity index (χ2n) is 5.08. The molecule has 4 heteroatoms. The lowest BCUT2D eigenvalue weighted by Gasteiger charge is -2.32. The zero-order valence-corrected chi connectivity index (χ0v) is 10.9. The van der Waals surface area contributed by atoms with Crippen molar-refractivity contribution in [3.63, 3.8) is 0 Å². The number of para-hydroxylation sites is 1. The van der Waals surface area contributed by atoms with Gasteiger partial charge < -0.3 is 10.5 Å². The zero-order valence-electron chi connectivity index (χ0n) is 10.9. The Hall–Kier alpha value is -1.55. The predicted molar refractivity (Wildman–Crippen MR) is 71.5 cm³/mol. The number of anilines is 1. The largest absolute Gasteiger partial charge is 0.449 e. The van der Waals surface area contributed by atoms with Crippen LogP contribution in [0.2, 0.25) is 0 Å². The minimum Gasteiger partial charge on any atom is -0.449 e. The Labute approximate surface area is 108 Å². The van der Waals surface area contributed by atoms with Gasteiger partial charge in [0.05, 0.1) is 12.3 Å². The fourth-order valence-electron chi connectivity index (χ4n) is 2.10. The van der Waals surface area contributed by atoms with Gasteiger partial charge in [-0.15, -0.1) is 0 Å². The maximum Gasteiger partial charge on any atom is 0.414 e. The van der Waals surface area contributed by atoms with Gasteiger partial charge >= 0.3 is 6.09 Å². The summed E-state index contributed by atoms with van der Waals surface area (Å²) in [4.78, 5) is 13.7. The molecular weight excluding hydrogens is 228 g/mol. The fourth-order valence-corrected chi connectivity index (χ4v) is 2.10. The molecule has 0 spiro atoms. The van der Waals surface area contributed by atoms with Crippen LogP contribution in [0.4, 0.5) is 10.5 Å². The Morgan fingerprint density at radius 1 is 1.50 bits per heavy atom. The normalized spacial score (nSPS) is 18.7. The van der Waals surface area contributed by atoms with Gasteiger partial charge in [0.2, 0.25) is 0 Å². The number of hydrogen-bond acceptors (Lipinski definition) is 3. The first-order valence-electron chi connectivity index (χ1n) is 6.38. The van der Waals surface area contributed by atoms with Gasteiger partial charge in [-0.25, -0.2) is 4.79 Å². The quantitative estimate of drug-likeness (QED) is 0.875. The van der Waals surface area contributed by atoms with Crippen molar-refractivity contribution in [2.24, 2.45) is 11.7 Å². The number of fused-ring (bicyclic) bond motifs is 1. The van der Waals surface area contributed by atoms with Gasteiger partial charge in [-0.05, 0) is 24.0 Å². The first kappa shape index (κ1) is 12.9. The lowest BCUT2D eigenvalue weighted by atomic mass is 9.98. The third kappa shape index (κ3) is 2.64. The molecule has 0 saturated carbocycles. The Kier molecular flexibility index (Phi) is 3.87. The van der Waals surface area contributed by atoms with Crippen molar-refractivity contribution in [1.82, 2.24) is 0 Å². The Morgan fingerprint density at radius 3 is 2.94 bits per heavy atom. The smallest absolute Gasteiger partial charge is 0.414 e. The van der Waals surface area contributed by atoms with Crippen LogP contribution in [0, 0.1) is 5.92 Å². The van der Waals surface area contributed by atoms with Gasteiger partial charge in [0.1, 0.15) is 0 Å². The second kappa shape index (κ2) is 5.40. The molecule has 1 heterocycles. The van der Waals surface area contributed by atoms with Crippen molar-refractivity contribution >= 4 is 11.8 Å². The predicted octanol–water partition coefficient (Wildman–Crippen LogP) is 2.69. The number of rotatable bonds is 2. The van der Waals surface area contributed by atoms with E-state index in [0.717, 1.165) is 17.7 Å². The molecule has 98 valence electrons. The molecule has 2 rings (SSSR count). The highest BCUT2D eigenvalue weighted by atomic mass is 16.6. The lowest BCUT2D eigenvalue weighted by molar-refractivity contribution is 0.139. The van der Waals surface area contributed by atoms with Crippen LogP contribution in [0.5, 0.6) is 0 Å². The van der Waals surface area contributed by atoms with E-state index in [0.29, 0.717) is 19.1 Å². The van der Waals surface area contributed by atoms with Crippen LogP contribution in [0.1, 0.15) is 31.9 Å². The Morgan fingerprint density at radius 2 is 2.22 bits per heavy atom. The number of amides is 1. The number of carbonyl (C=O) groups excluding carboxylic acids is 1. The average Bonchev–Trinajstić information content (AvgIpc) is 2.37. The van der Waals surface area contributed by atoms with Crippen LogP contribution in [0.3, 0.4) is 0 Å². The summed E-state index contributed by atoms with van der Waals surface area (Å²) < 4.78 is 5.28. The maximum atomic E-state index is 12.0. The molecule has 0 radical (unpaired) electrons. The first-order chi connectivity index (χ1) is 8.59. The number of nitrogens with two attached hydrogens (primary N) is 1. The van der Waals surface area contributed by atoms with E-state index in [1.54, 1.807) is 4.90 Å². The Bertz CT molecular complexity index is 432. The molecule has 1 aliphatic heterocycles. The summed E-state index contributed by atoms with van der Waals surface area (Å²) in [6.07, 6.45) is 0.497. The highest BCUT2D eigenvalue weighted by Gasteiger charge is 2.27. The second-order valence-corrected chi connectivity index (χ2v) is 5.08. The molecule has 0 aliphatic carbocycles. The molecule has 1 unspecified atom stereocenters. The molecule has 0 fully saturated rings. The van der Waals surface area contributed by atoms with Gasteiger partial charge in [-0.2, -0.15) is 0 Å². The minimum atomic E-state index is -0.275. The lowest BCUT2D eigenvalue weighted by Crippen LogP contribution is -2.39. The number of ether oxygens (including phenoxy) is 1. The summed E-state index contributed by atoms with van der Waals surface area (Å²) in [5.74, 6) is 0.344. The zero-order chi connectivity index (χ0) is 13.1. The third-order valence-electron chi connectivity index (χ3n) is 3.05. The van der Waals surface area contributed by atoms with Crippen LogP contribution in [-0.4, -0.2) is 19.2 Å². The number of carbonyl (C=O) groups is 1. The van der Waals surface area contributed by atoms with Crippen LogP contribution in [-0.2, 0) is 4.74 Å². The van der Waals surface area contributed by atoms with Crippen molar-refractivity contribution in [1.29, 1.82) is 0 Å². The highest BCUT2D eigenvalue weighted by molar-refractivity contribution is 5.89. The molecule has 0 bridgehead atoms. The molecule has 4 nitrogen and oxygen atoms in total. The topological polar surface area (TPSA) is 55.6 Å². The summed E-state index contributed by atoms with van der Waals surface area (Å²) in [6.45, 7) is 5.11. The summed E-state index contributed by atoms with van der Waals surface area (Å²) in [5, 5.41) is 0. The van der Waals surface area contributed by atoms with E-state index in [2.05, 4.69) is 0 Å². The molecule has 2 N–H and O–H groups in total. The summed E-state index contributed by atoms with van der Waals surface area (Å²) in [6, 6.07) is 7.77. The van der Waals surface area contributed by atoms with E-state index < -0.39 is 0 Å².